The summed E-state index contributed by atoms with van der Waals surface area (Å²) in [5.74, 6) is -1.43. The van der Waals surface area contributed by atoms with Gasteiger partial charge in [0.2, 0.25) is 0 Å². The number of anilines is 2. The lowest BCUT2D eigenvalue weighted by molar-refractivity contribution is -0.119. The van der Waals surface area contributed by atoms with Crippen molar-refractivity contribution < 1.29 is 19.1 Å². The fraction of sp³-hybridized carbons (Fsp3) is 0.0526. The van der Waals surface area contributed by atoms with Crippen LogP contribution in [0.1, 0.15) is 20.0 Å². The summed E-state index contributed by atoms with van der Waals surface area (Å²) < 4.78 is 4.98. The van der Waals surface area contributed by atoms with Crippen LogP contribution in [0.4, 0.5) is 11.4 Å². The molecule has 3 aromatic rings. The van der Waals surface area contributed by atoms with Crippen molar-refractivity contribution in [3.05, 3.63) is 75.7 Å². The third kappa shape index (κ3) is 5.15. The smallest absolute Gasteiger partial charge is 0.338 e. The van der Waals surface area contributed by atoms with Crippen LogP contribution in [-0.4, -0.2) is 29.4 Å². The highest BCUT2D eigenvalue weighted by Crippen LogP contribution is 2.17. The average Bonchev–Trinajstić information content (AvgIpc) is 3.23. The van der Waals surface area contributed by atoms with E-state index in [4.69, 9.17) is 16.3 Å². The molecule has 0 fully saturated rings. The molecule has 1 aromatic carbocycles. The first-order valence-corrected chi connectivity index (χ1v) is 9.31. The first kappa shape index (κ1) is 19.5. The molecule has 2 N–H and O–H groups in total. The second-order valence-corrected chi connectivity index (χ2v) is 6.78. The Labute approximate surface area is 169 Å². The van der Waals surface area contributed by atoms with Crippen molar-refractivity contribution in [2.45, 2.75) is 0 Å². The summed E-state index contributed by atoms with van der Waals surface area (Å²) in [7, 11) is 0. The van der Waals surface area contributed by atoms with Gasteiger partial charge in [-0.05, 0) is 47.8 Å². The number of esters is 1. The third-order valence-corrected chi connectivity index (χ3v) is 4.66. The van der Waals surface area contributed by atoms with Gasteiger partial charge in [0.1, 0.15) is 0 Å². The minimum absolute atomic E-state index is 0.141. The van der Waals surface area contributed by atoms with Gasteiger partial charge in [0.25, 0.3) is 11.8 Å². The quantitative estimate of drug-likeness (QED) is 0.471. The number of rotatable bonds is 6. The van der Waals surface area contributed by atoms with E-state index in [0.717, 1.165) is 0 Å². The summed E-state index contributed by atoms with van der Waals surface area (Å²) >= 11 is 7.18. The van der Waals surface area contributed by atoms with Crippen molar-refractivity contribution in [1.29, 1.82) is 0 Å². The second kappa shape index (κ2) is 9.12. The molecule has 0 saturated carbocycles. The molecule has 2 aromatic heterocycles. The molecule has 9 heteroatoms. The number of benzene rings is 1. The van der Waals surface area contributed by atoms with Gasteiger partial charge in [0.05, 0.1) is 16.1 Å². The van der Waals surface area contributed by atoms with Gasteiger partial charge in [-0.25, -0.2) is 9.78 Å². The number of halogens is 1. The number of amides is 2. The fourth-order valence-corrected chi connectivity index (χ4v) is 2.96. The SMILES string of the molecule is O=C(COC(=O)c1ccc(NC(=O)c2cccs2)cc1)Nc1cccnc1Cl. The van der Waals surface area contributed by atoms with Crippen LogP contribution < -0.4 is 10.6 Å². The second-order valence-electron chi connectivity index (χ2n) is 5.47. The van der Waals surface area contributed by atoms with E-state index >= 15 is 0 Å². The molecular formula is C19H14ClN3O4S. The van der Waals surface area contributed by atoms with Crippen molar-refractivity contribution in [3.8, 4) is 0 Å². The zero-order chi connectivity index (χ0) is 19.9. The van der Waals surface area contributed by atoms with Gasteiger partial charge >= 0.3 is 5.97 Å². The molecule has 2 amide bonds. The molecule has 0 spiro atoms. The van der Waals surface area contributed by atoms with Gasteiger partial charge < -0.3 is 15.4 Å². The first-order valence-electron chi connectivity index (χ1n) is 8.05. The Bertz CT molecular complexity index is 991. The van der Waals surface area contributed by atoms with Gasteiger partial charge in [-0.15, -0.1) is 11.3 Å². The summed E-state index contributed by atoms with van der Waals surface area (Å²) in [5.41, 5.74) is 1.12. The number of ether oxygens (including phenoxy) is 1. The number of hydrogen-bond donors (Lipinski definition) is 2. The summed E-state index contributed by atoms with van der Waals surface area (Å²) in [4.78, 5) is 40.3. The lowest BCUT2D eigenvalue weighted by Gasteiger charge is -2.08. The highest BCUT2D eigenvalue weighted by Gasteiger charge is 2.12. The predicted molar refractivity (Wildman–Crippen MR) is 107 cm³/mol. The van der Waals surface area contributed by atoms with Crippen molar-refractivity contribution >= 4 is 52.1 Å². The van der Waals surface area contributed by atoms with Gasteiger partial charge in [-0.2, -0.15) is 0 Å². The number of carbonyl (C=O) groups is 3. The van der Waals surface area contributed by atoms with E-state index in [2.05, 4.69) is 15.6 Å². The Morgan fingerprint density at radius 1 is 1.04 bits per heavy atom. The van der Waals surface area contributed by atoms with Crippen molar-refractivity contribution in [1.82, 2.24) is 4.98 Å². The zero-order valence-electron chi connectivity index (χ0n) is 14.3. The molecule has 0 saturated heterocycles. The van der Waals surface area contributed by atoms with Crippen molar-refractivity contribution in [2.75, 3.05) is 17.2 Å². The van der Waals surface area contributed by atoms with Crippen molar-refractivity contribution in [2.24, 2.45) is 0 Å². The normalized spacial score (nSPS) is 10.2. The molecule has 0 radical (unpaired) electrons. The van der Waals surface area contributed by atoms with E-state index < -0.39 is 18.5 Å². The number of hydrogen-bond acceptors (Lipinski definition) is 6. The Hall–Kier alpha value is -3.23. The molecule has 28 heavy (non-hydrogen) atoms. The lowest BCUT2D eigenvalue weighted by Crippen LogP contribution is -2.21. The van der Waals surface area contributed by atoms with Gasteiger partial charge in [-0.3, -0.25) is 9.59 Å². The molecule has 0 unspecified atom stereocenters. The van der Waals surface area contributed by atoms with E-state index in [9.17, 15) is 14.4 Å². The topological polar surface area (TPSA) is 97.4 Å². The maximum atomic E-state index is 12.1. The summed E-state index contributed by atoms with van der Waals surface area (Å²) in [6, 6.07) is 12.9. The van der Waals surface area contributed by atoms with Crippen LogP contribution in [-0.2, 0) is 9.53 Å². The Balaban J connectivity index is 1.51. The number of pyridine rings is 1. The first-order chi connectivity index (χ1) is 13.5. The minimum Gasteiger partial charge on any atom is -0.452 e. The number of thiophene rings is 1. The van der Waals surface area contributed by atoms with E-state index in [1.807, 2.05) is 5.38 Å². The van der Waals surface area contributed by atoms with Crippen LogP contribution in [0.3, 0.4) is 0 Å². The third-order valence-electron chi connectivity index (χ3n) is 3.49. The summed E-state index contributed by atoms with van der Waals surface area (Å²) in [6.45, 7) is -0.471. The Kier molecular flexibility index (Phi) is 6.36. The highest BCUT2D eigenvalue weighted by atomic mass is 35.5. The van der Waals surface area contributed by atoms with E-state index in [0.29, 0.717) is 16.3 Å². The average molecular weight is 416 g/mol. The molecule has 2 heterocycles. The molecule has 3 rings (SSSR count). The van der Waals surface area contributed by atoms with E-state index in [1.54, 1.807) is 36.4 Å². The Morgan fingerprint density at radius 3 is 2.50 bits per heavy atom. The highest BCUT2D eigenvalue weighted by molar-refractivity contribution is 7.12. The van der Waals surface area contributed by atoms with Crippen LogP contribution in [0, 0.1) is 0 Å². The lowest BCUT2D eigenvalue weighted by atomic mass is 10.2. The molecule has 0 bridgehead atoms. The largest absolute Gasteiger partial charge is 0.452 e. The van der Waals surface area contributed by atoms with Gasteiger partial charge in [0, 0.05) is 11.9 Å². The van der Waals surface area contributed by atoms with Crippen LogP contribution in [0.25, 0.3) is 0 Å². The molecule has 0 aliphatic heterocycles. The number of carbonyl (C=O) groups excluding carboxylic acids is 3. The molecule has 7 nitrogen and oxygen atoms in total. The molecular weight excluding hydrogens is 402 g/mol. The fourth-order valence-electron chi connectivity index (χ4n) is 2.17. The standard InChI is InChI=1S/C19H14ClN3O4S/c20-17-14(3-1-9-21-17)23-16(24)11-27-19(26)12-5-7-13(8-6-12)22-18(25)15-4-2-10-28-15/h1-10H,11H2,(H,22,25)(H,23,24). The van der Waals surface area contributed by atoms with Crippen LogP contribution in [0.15, 0.2) is 60.1 Å². The minimum atomic E-state index is -0.663. The molecule has 0 aliphatic carbocycles. The Morgan fingerprint density at radius 2 is 1.82 bits per heavy atom. The van der Waals surface area contributed by atoms with Crippen LogP contribution >= 0.6 is 22.9 Å². The van der Waals surface area contributed by atoms with Crippen LogP contribution in [0.5, 0.6) is 0 Å². The number of nitrogens with one attached hydrogen (secondary N) is 2. The maximum Gasteiger partial charge on any atom is 0.338 e. The summed E-state index contributed by atoms with van der Waals surface area (Å²) in [6.07, 6.45) is 1.49. The number of aromatic nitrogens is 1. The molecule has 142 valence electrons. The zero-order valence-corrected chi connectivity index (χ0v) is 15.9. The van der Waals surface area contributed by atoms with Gasteiger partial charge in [-0.1, -0.05) is 17.7 Å². The van der Waals surface area contributed by atoms with E-state index in [1.165, 1.54) is 29.7 Å². The van der Waals surface area contributed by atoms with E-state index in [-0.39, 0.29) is 16.6 Å². The maximum absolute atomic E-state index is 12.1. The summed E-state index contributed by atoms with van der Waals surface area (Å²) in [5, 5.41) is 7.19. The van der Waals surface area contributed by atoms with Crippen LogP contribution in [0.2, 0.25) is 5.15 Å². The van der Waals surface area contributed by atoms with Crippen molar-refractivity contribution in [3.63, 3.8) is 0 Å². The monoisotopic (exact) mass is 415 g/mol. The molecule has 0 aliphatic rings. The predicted octanol–water partition coefficient (Wildman–Crippen LogP) is 3.84. The number of nitrogens with zero attached hydrogens (tertiary/aromatic N) is 1. The molecule has 0 atom stereocenters. The van der Waals surface area contributed by atoms with Gasteiger partial charge in [0.15, 0.2) is 11.8 Å².